The molecular weight excluding hydrogens is 278 g/mol. The maximum absolute atomic E-state index is 12.0. The van der Waals surface area contributed by atoms with Crippen molar-refractivity contribution < 1.29 is 9.59 Å². The van der Waals surface area contributed by atoms with Crippen molar-refractivity contribution in [1.29, 1.82) is 0 Å². The van der Waals surface area contributed by atoms with E-state index in [4.69, 9.17) is 0 Å². The van der Waals surface area contributed by atoms with Crippen LogP contribution in [-0.2, 0) is 4.79 Å². The number of amides is 2. The average Bonchev–Trinajstić information content (AvgIpc) is 2.46. The van der Waals surface area contributed by atoms with Crippen molar-refractivity contribution >= 4 is 24.2 Å². The van der Waals surface area contributed by atoms with E-state index in [2.05, 4.69) is 10.6 Å². The second kappa shape index (κ2) is 7.87. The summed E-state index contributed by atoms with van der Waals surface area (Å²) in [5.41, 5.74) is 0.573. The maximum Gasteiger partial charge on any atom is 0.251 e. The third-order valence-electron chi connectivity index (χ3n) is 3.26. The molecule has 0 spiro atoms. The third kappa shape index (κ3) is 4.21. The molecule has 0 aromatic heterocycles. The second-order valence-electron chi connectivity index (χ2n) is 4.69. The Bertz CT molecular complexity index is 453. The molecule has 6 heteroatoms. The van der Waals surface area contributed by atoms with E-state index in [1.807, 2.05) is 17.9 Å². The molecule has 0 bridgehead atoms. The van der Waals surface area contributed by atoms with Gasteiger partial charge in [0.05, 0.1) is 6.54 Å². The van der Waals surface area contributed by atoms with Crippen LogP contribution in [0.25, 0.3) is 0 Å². The van der Waals surface area contributed by atoms with Gasteiger partial charge in [0.1, 0.15) is 0 Å². The zero-order chi connectivity index (χ0) is 13.7. The molecule has 1 atom stereocenters. The van der Waals surface area contributed by atoms with Gasteiger partial charge in [0.2, 0.25) is 5.91 Å². The van der Waals surface area contributed by atoms with Crippen LogP contribution in [0, 0.1) is 0 Å². The lowest BCUT2D eigenvalue weighted by Gasteiger charge is -2.34. The Morgan fingerprint density at radius 3 is 2.70 bits per heavy atom. The highest BCUT2D eigenvalue weighted by Gasteiger charge is 2.22. The molecule has 0 unspecified atom stereocenters. The molecule has 1 aliphatic heterocycles. The van der Waals surface area contributed by atoms with Crippen molar-refractivity contribution in [2.24, 2.45) is 0 Å². The lowest BCUT2D eigenvalue weighted by atomic mass is 10.2. The molecule has 1 aromatic rings. The van der Waals surface area contributed by atoms with Gasteiger partial charge in [0.25, 0.3) is 5.91 Å². The molecule has 2 N–H and O–H groups in total. The second-order valence-corrected chi connectivity index (χ2v) is 4.69. The highest BCUT2D eigenvalue weighted by atomic mass is 35.5. The molecule has 0 radical (unpaired) electrons. The summed E-state index contributed by atoms with van der Waals surface area (Å²) >= 11 is 0. The SMILES string of the molecule is C[C@@H]1CNCCN1C(=O)CNC(=O)c1ccccc1.Cl. The number of piperazine rings is 1. The van der Waals surface area contributed by atoms with Crippen molar-refractivity contribution in [2.45, 2.75) is 13.0 Å². The lowest BCUT2D eigenvalue weighted by molar-refractivity contribution is -0.132. The molecule has 1 heterocycles. The minimum absolute atomic E-state index is 0. The first-order valence-corrected chi connectivity index (χ1v) is 6.52. The van der Waals surface area contributed by atoms with Crippen LogP contribution < -0.4 is 10.6 Å². The summed E-state index contributed by atoms with van der Waals surface area (Å²) in [5, 5.41) is 5.89. The van der Waals surface area contributed by atoms with E-state index < -0.39 is 0 Å². The minimum atomic E-state index is -0.211. The number of carbonyl (C=O) groups excluding carboxylic acids is 2. The van der Waals surface area contributed by atoms with Crippen LogP contribution in [0.4, 0.5) is 0 Å². The number of benzene rings is 1. The fourth-order valence-electron chi connectivity index (χ4n) is 2.16. The molecule has 1 saturated heterocycles. The van der Waals surface area contributed by atoms with Gasteiger partial charge in [-0.1, -0.05) is 18.2 Å². The number of halogens is 1. The Balaban J connectivity index is 0.00000200. The van der Waals surface area contributed by atoms with Crippen molar-refractivity contribution in [3.8, 4) is 0 Å². The van der Waals surface area contributed by atoms with E-state index in [0.717, 1.165) is 13.1 Å². The Kier molecular flexibility index (Phi) is 6.48. The number of hydrogen-bond donors (Lipinski definition) is 2. The van der Waals surface area contributed by atoms with Crippen LogP contribution in [0.5, 0.6) is 0 Å². The Labute approximate surface area is 125 Å². The Hall–Kier alpha value is -1.59. The lowest BCUT2D eigenvalue weighted by Crippen LogP contribution is -2.54. The molecule has 0 aliphatic carbocycles. The quantitative estimate of drug-likeness (QED) is 0.861. The van der Waals surface area contributed by atoms with Gasteiger partial charge < -0.3 is 15.5 Å². The topological polar surface area (TPSA) is 61.4 Å². The van der Waals surface area contributed by atoms with Crippen molar-refractivity contribution in [3.63, 3.8) is 0 Å². The van der Waals surface area contributed by atoms with Gasteiger partial charge in [-0.25, -0.2) is 0 Å². The van der Waals surface area contributed by atoms with Crippen LogP contribution in [0.15, 0.2) is 30.3 Å². The molecule has 2 amide bonds. The van der Waals surface area contributed by atoms with Crippen LogP contribution in [0.2, 0.25) is 0 Å². The number of hydrogen-bond acceptors (Lipinski definition) is 3. The van der Waals surface area contributed by atoms with Crippen molar-refractivity contribution in [2.75, 3.05) is 26.2 Å². The first kappa shape index (κ1) is 16.5. The van der Waals surface area contributed by atoms with Gasteiger partial charge in [-0.2, -0.15) is 0 Å². The first-order valence-electron chi connectivity index (χ1n) is 6.52. The summed E-state index contributed by atoms with van der Waals surface area (Å²) in [6.45, 7) is 4.36. The zero-order valence-corrected chi connectivity index (χ0v) is 12.3. The predicted octanol–water partition coefficient (Wildman–Crippen LogP) is 0.659. The summed E-state index contributed by atoms with van der Waals surface area (Å²) in [6.07, 6.45) is 0. The smallest absolute Gasteiger partial charge is 0.251 e. The van der Waals surface area contributed by atoms with Crippen LogP contribution >= 0.6 is 12.4 Å². The van der Waals surface area contributed by atoms with Gasteiger partial charge in [0.15, 0.2) is 0 Å². The molecule has 0 saturated carbocycles. The molecule has 20 heavy (non-hydrogen) atoms. The van der Waals surface area contributed by atoms with E-state index in [1.165, 1.54) is 0 Å². The first-order chi connectivity index (χ1) is 9.18. The van der Waals surface area contributed by atoms with Gasteiger partial charge in [-0.3, -0.25) is 9.59 Å². The molecule has 2 rings (SSSR count). The average molecular weight is 298 g/mol. The molecule has 5 nitrogen and oxygen atoms in total. The number of rotatable bonds is 3. The normalized spacial score (nSPS) is 18.1. The zero-order valence-electron chi connectivity index (χ0n) is 11.5. The fraction of sp³-hybridized carbons (Fsp3) is 0.429. The Morgan fingerprint density at radius 1 is 1.35 bits per heavy atom. The van der Waals surface area contributed by atoms with E-state index in [-0.39, 0.29) is 36.8 Å². The molecule has 110 valence electrons. The monoisotopic (exact) mass is 297 g/mol. The van der Waals surface area contributed by atoms with Gasteiger partial charge in [0, 0.05) is 31.2 Å². The predicted molar refractivity (Wildman–Crippen MR) is 80.1 cm³/mol. The molecule has 1 aliphatic rings. The third-order valence-corrected chi connectivity index (χ3v) is 3.26. The summed E-state index contributed by atoms with van der Waals surface area (Å²) in [7, 11) is 0. The standard InChI is InChI=1S/C14H19N3O2.ClH/c1-11-9-15-7-8-17(11)13(18)10-16-14(19)12-5-3-2-4-6-12;/h2-6,11,15H,7-10H2,1H3,(H,16,19);1H/t11-;/m1./s1. The van der Waals surface area contributed by atoms with Crippen LogP contribution in [0.3, 0.4) is 0 Å². The van der Waals surface area contributed by atoms with Crippen molar-refractivity contribution in [3.05, 3.63) is 35.9 Å². The van der Waals surface area contributed by atoms with Gasteiger partial charge in [-0.15, -0.1) is 12.4 Å². The van der Waals surface area contributed by atoms with E-state index in [9.17, 15) is 9.59 Å². The van der Waals surface area contributed by atoms with E-state index in [1.54, 1.807) is 24.3 Å². The molecule has 1 aromatic carbocycles. The summed E-state index contributed by atoms with van der Waals surface area (Å²) in [4.78, 5) is 25.7. The highest BCUT2D eigenvalue weighted by Crippen LogP contribution is 2.03. The van der Waals surface area contributed by atoms with Gasteiger partial charge in [-0.05, 0) is 19.1 Å². The molecule has 1 fully saturated rings. The maximum atomic E-state index is 12.0. The summed E-state index contributed by atoms with van der Waals surface area (Å²) in [5.74, 6) is -0.241. The largest absolute Gasteiger partial charge is 0.343 e. The summed E-state index contributed by atoms with van der Waals surface area (Å²) < 4.78 is 0. The number of nitrogens with one attached hydrogen (secondary N) is 2. The highest BCUT2D eigenvalue weighted by molar-refractivity contribution is 5.96. The molecular formula is C14H20ClN3O2. The minimum Gasteiger partial charge on any atom is -0.343 e. The van der Waals surface area contributed by atoms with E-state index in [0.29, 0.717) is 12.1 Å². The number of carbonyl (C=O) groups is 2. The van der Waals surface area contributed by atoms with Crippen molar-refractivity contribution in [1.82, 2.24) is 15.5 Å². The van der Waals surface area contributed by atoms with Gasteiger partial charge >= 0.3 is 0 Å². The van der Waals surface area contributed by atoms with Crippen LogP contribution in [-0.4, -0.2) is 48.9 Å². The number of nitrogens with zero attached hydrogens (tertiary/aromatic N) is 1. The van der Waals surface area contributed by atoms with Crippen LogP contribution in [0.1, 0.15) is 17.3 Å². The van der Waals surface area contributed by atoms with E-state index >= 15 is 0 Å². The fourth-order valence-corrected chi connectivity index (χ4v) is 2.16. The Morgan fingerprint density at radius 2 is 2.05 bits per heavy atom. The summed E-state index contributed by atoms with van der Waals surface area (Å²) in [6, 6.07) is 9.09.